The number of aldehydes is 1. The molecule has 0 saturated heterocycles. The minimum atomic E-state index is -0.286. The summed E-state index contributed by atoms with van der Waals surface area (Å²) < 4.78 is 19.0. The first-order chi connectivity index (χ1) is 7.61. The van der Waals surface area contributed by atoms with E-state index in [-0.39, 0.29) is 11.6 Å². The number of carbonyl (C=O) groups excluding carboxylic acids is 1. The smallest absolute Gasteiger partial charge is 0.185 e. The normalized spacial score (nSPS) is 10.4. The Morgan fingerprint density at radius 1 is 1.38 bits per heavy atom. The van der Waals surface area contributed by atoms with Crippen LogP contribution in [-0.2, 0) is 0 Å². The highest BCUT2D eigenvalue weighted by Crippen LogP contribution is 2.28. The van der Waals surface area contributed by atoms with Gasteiger partial charge in [-0.05, 0) is 52.7 Å². The van der Waals surface area contributed by atoms with Gasteiger partial charge in [-0.1, -0.05) is 0 Å². The molecule has 82 valence electrons. The predicted molar refractivity (Wildman–Crippen MR) is 61.9 cm³/mol. The highest BCUT2D eigenvalue weighted by molar-refractivity contribution is 9.10. The second kappa shape index (κ2) is 4.22. The van der Waals surface area contributed by atoms with E-state index >= 15 is 0 Å². The molecule has 2 aromatic rings. The quantitative estimate of drug-likeness (QED) is 0.781. The van der Waals surface area contributed by atoms with Crippen molar-refractivity contribution in [3.63, 3.8) is 0 Å². The van der Waals surface area contributed by atoms with Crippen LogP contribution in [0.25, 0.3) is 11.3 Å². The molecule has 2 nitrogen and oxygen atoms in total. The summed E-state index contributed by atoms with van der Waals surface area (Å²) in [5.41, 5.74) is 1.26. The minimum absolute atomic E-state index is 0.258. The van der Waals surface area contributed by atoms with Crippen molar-refractivity contribution < 1.29 is 13.6 Å². The Kier molecular flexibility index (Phi) is 2.92. The maximum absolute atomic E-state index is 13.4. The molecule has 2 rings (SSSR count). The molecule has 0 unspecified atom stereocenters. The van der Waals surface area contributed by atoms with Crippen molar-refractivity contribution in [1.82, 2.24) is 0 Å². The van der Waals surface area contributed by atoms with Crippen molar-refractivity contribution in [3.05, 3.63) is 45.9 Å². The Hall–Kier alpha value is -1.42. The lowest BCUT2D eigenvalue weighted by Crippen LogP contribution is -1.86. The molecule has 0 aliphatic heterocycles. The first kappa shape index (κ1) is 11.1. The average Bonchev–Trinajstić information content (AvgIpc) is 2.73. The molecule has 1 heterocycles. The van der Waals surface area contributed by atoms with E-state index in [0.717, 1.165) is 5.56 Å². The second-order valence-electron chi connectivity index (χ2n) is 3.41. The molecule has 0 aliphatic rings. The first-order valence-electron chi connectivity index (χ1n) is 4.63. The molecule has 0 atom stereocenters. The van der Waals surface area contributed by atoms with E-state index in [0.29, 0.717) is 22.1 Å². The van der Waals surface area contributed by atoms with Crippen molar-refractivity contribution in [3.8, 4) is 11.3 Å². The third kappa shape index (κ3) is 1.93. The number of benzene rings is 1. The lowest BCUT2D eigenvalue weighted by molar-refractivity contribution is 0.110. The predicted octanol–water partition coefficient (Wildman–Crippen LogP) is 3.97. The van der Waals surface area contributed by atoms with Crippen LogP contribution in [0.4, 0.5) is 4.39 Å². The van der Waals surface area contributed by atoms with Gasteiger partial charge in [-0.15, -0.1) is 0 Å². The highest BCUT2D eigenvalue weighted by Gasteiger charge is 2.09. The summed E-state index contributed by atoms with van der Waals surface area (Å²) in [5, 5.41) is 0. The molecule has 1 aromatic carbocycles. The molecule has 0 fully saturated rings. The molecule has 4 heteroatoms. The second-order valence-corrected chi connectivity index (χ2v) is 4.26. The van der Waals surface area contributed by atoms with Gasteiger partial charge < -0.3 is 4.42 Å². The summed E-state index contributed by atoms with van der Waals surface area (Å²) in [6.07, 6.45) is 0.634. The molecular formula is C12H8BrFO2. The summed E-state index contributed by atoms with van der Waals surface area (Å²) >= 11 is 3.13. The monoisotopic (exact) mass is 282 g/mol. The van der Waals surface area contributed by atoms with Crippen LogP contribution in [0, 0.1) is 12.7 Å². The molecule has 0 bridgehead atoms. The van der Waals surface area contributed by atoms with Crippen LogP contribution in [0.1, 0.15) is 16.1 Å². The van der Waals surface area contributed by atoms with Crippen LogP contribution in [0.3, 0.4) is 0 Å². The van der Waals surface area contributed by atoms with Crippen molar-refractivity contribution in [2.45, 2.75) is 6.92 Å². The Bertz CT molecular complexity index is 523. The third-order valence-corrected chi connectivity index (χ3v) is 2.81. The summed E-state index contributed by atoms with van der Waals surface area (Å²) in [7, 11) is 0. The van der Waals surface area contributed by atoms with Gasteiger partial charge in [-0.3, -0.25) is 4.79 Å². The Labute approximate surface area is 100 Å². The molecule has 0 spiro atoms. The van der Waals surface area contributed by atoms with Crippen LogP contribution in [0.2, 0.25) is 0 Å². The van der Waals surface area contributed by atoms with E-state index in [9.17, 15) is 9.18 Å². The standard InChI is InChI=1S/C12H8BrFO2/c1-7-4-8(5-10(13)12(7)14)11-3-2-9(6-15)16-11/h2-6H,1H3. The Morgan fingerprint density at radius 3 is 2.69 bits per heavy atom. The van der Waals surface area contributed by atoms with E-state index in [1.807, 2.05) is 0 Å². The Balaban J connectivity index is 2.52. The summed E-state index contributed by atoms with van der Waals surface area (Å²) in [6.45, 7) is 1.67. The number of aryl methyl sites for hydroxylation is 1. The zero-order valence-corrected chi connectivity index (χ0v) is 10.0. The summed E-state index contributed by atoms with van der Waals surface area (Å²) in [4.78, 5) is 10.5. The molecule has 0 saturated carbocycles. The van der Waals surface area contributed by atoms with Gasteiger partial charge in [0, 0.05) is 5.56 Å². The molecule has 0 amide bonds. The SMILES string of the molecule is Cc1cc(-c2ccc(C=O)o2)cc(Br)c1F. The van der Waals surface area contributed by atoms with E-state index in [1.165, 1.54) is 0 Å². The van der Waals surface area contributed by atoms with Gasteiger partial charge in [0.05, 0.1) is 4.47 Å². The van der Waals surface area contributed by atoms with E-state index < -0.39 is 0 Å². The van der Waals surface area contributed by atoms with Gasteiger partial charge in [-0.2, -0.15) is 0 Å². The maximum Gasteiger partial charge on any atom is 0.185 e. The largest absolute Gasteiger partial charge is 0.453 e. The highest BCUT2D eigenvalue weighted by atomic mass is 79.9. The number of hydrogen-bond donors (Lipinski definition) is 0. The van der Waals surface area contributed by atoms with Gasteiger partial charge in [0.2, 0.25) is 0 Å². The fourth-order valence-corrected chi connectivity index (χ4v) is 2.00. The van der Waals surface area contributed by atoms with E-state index in [1.54, 1.807) is 31.2 Å². The molecule has 0 radical (unpaired) electrons. The van der Waals surface area contributed by atoms with Crippen molar-refractivity contribution >= 4 is 22.2 Å². The first-order valence-corrected chi connectivity index (χ1v) is 5.42. The van der Waals surface area contributed by atoms with Gasteiger partial charge in [0.15, 0.2) is 12.0 Å². The average molecular weight is 283 g/mol. The number of halogens is 2. The van der Waals surface area contributed by atoms with Crippen LogP contribution in [0.5, 0.6) is 0 Å². The van der Waals surface area contributed by atoms with Crippen LogP contribution in [0.15, 0.2) is 33.2 Å². The number of furan rings is 1. The zero-order valence-electron chi connectivity index (χ0n) is 8.46. The molecule has 0 N–H and O–H groups in total. The van der Waals surface area contributed by atoms with Crippen LogP contribution >= 0.6 is 15.9 Å². The Morgan fingerprint density at radius 2 is 2.12 bits per heavy atom. The van der Waals surface area contributed by atoms with E-state index in [4.69, 9.17) is 4.42 Å². The molecule has 1 aromatic heterocycles. The lowest BCUT2D eigenvalue weighted by atomic mass is 10.1. The van der Waals surface area contributed by atoms with E-state index in [2.05, 4.69) is 15.9 Å². The molecule has 0 aliphatic carbocycles. The lowest BCUT2D eigenvalue weighted by Gasteiger charge is -2.03. The van der Waals surface area contributed by atoms with Crippen molar-refractivity contribution in [2.24, 2.45) is 0 Å². The topological polar surface area (TPSA) is 30.2 Å². The summed E-state index contributed by atoms with van der Waals surface area (Å²) in [5.74, 6) is 0.518. The summed E-state index contributed by atoms with van der Waals surface area (Å²) in [6, 6.07) is 6.56. The number of rotatable bonds is 2. The van der Waals surface area contributed by atoms with Gasteiger partial charge in [0.1, 0.15) is 11.6 Å². The van der Waals surface area contributed by atoms with Crippen LogP contribution in [-0.4, -0.2) is 6.29 Å². The minimum Gasteiger partial charge on any atom is -0.453 e. The molecule has 16 heavy (non-hydrogen) atoms. The number of carbonyl (C=O) groups is 1. The van der Waals surface area contributed by atoms with Gasteiger partial charge in [0.25, 0.3) is 0 Å². The fraction of sp³-hybridized carbons (Fsp3) is 0.0833. The maximum atomic E-state index is 13.4. The van der Waals surface area contributed by atoms with Crippen molar-refractivity contribution in [2.75, 3.05) is 0 Å². The van der Waals surface area contributed by atoms with Gasteiger partial charge >= 0.3 is 0 Å². The third-order valence-electron chi connectivity index (χ3n) is 2.24. The van der Waals surface area contributed by atoms with Crippen LogP contribution < -0.4 is 0 Å². The van der Waals surface area contributed by atoms with Crippen molar-refractivity contribution in [1.29, 1.82) is 0 Å². The van der Waals surface area contributed by atoms with Gasteiger partial charge in [-0.25, -0.2) is 4.39 Å². The number of hydrogen-bond acceptors (Lipinski definition) is 2. The zero-order chi connectivity index (χ0) is 11.7. The fourth-order valence-electron chi connectivity index (χ4n) is 1.44. The molecular weight excluding hydrogens is 275 g/mol.